The summed E-state index contributed by atoms with van der Waals surface area (Å²) >= 11 is 1.69. The molecule has 25 heavy (non-hydrogen) atoms. The Bertz CT molecular complexity index is 856. The Morgan fingerprint density at radius 1 is 1.08 bits per heavy atom. The molecular formula is C21H22N2OS. The number of hydrogen-bond donors (Lipinski definition) is 1. The molecule has 2 aromatic heterocycles. The highest BCUT2D eigenvalue weighted by Crippen LogP contribution is 2.24. The van der Waals surface area contributed by atoms with Crippen LogP contribution in [-0.4, -0.2) is 10.9 Å². The molecule has 1 aromatic carbocycles. The fourth-order valence-corrected chi connectivity index (χ4v) is 3.38. The van der Waals surface area contributed by atoms with Crippen molar-refractivity contribution in [3.05, 3.63) is 76.4 Å². The van der Waals surface area contributed by atoms with Gasteiger partial charge in [-0.15, -0.1) is 11.3 Å². The summed E-state index contributed by atoms with van der Waals surface area (Å²) in [6.07, 6.45) is 4.93. The first kappa shape index (κ1) is 17.4. The van der Waals surface area contributed by atoms with Crippen molar-refractivity contribution < 1.29 is 4.79 Å². The number of nitrogens with zero attached hydrogens (tertiary/aromatic N) is 1. The summed E-state index contributed by atoms with van der Waals surface area (Å²) in [7, 11) is 0. The van der Waals surface area contributed by atoms with Gasteiger partial charge in [0.1, 0.15) is 0 Å². The van der Waals surface area contributed by atoms with Crippen molar-refractivity contribution in [1.82, 2.24) is 10.3 Å². The zero-order valence-corrected chi connectivity index (χ0v) is 15.4. The van der Waals surface area contributed by atoms with Gasteiger partial charge in [-0.25, -0.2) is 0 Å². The minimum atomic E-state index is 0.0692. The summed E-state index contributed by atoms with van der Waals surface area (Å²) in [6, 6.07) is 12.6. The number of aromatic nitrogens is 1. The molecule has 0 saturated heterocycles. The molecule has 0 atom stereocenters. The van der Waals surface area contributed by atoms with E-state index in [4.69, 9.17) is 0 Å². The lowest BCUT2D eigenvalue weighted by Crippen LogP contribution is -2.23. The minimum Gasteiger partial charge on any atom is -0.352 e. The van der Waals surface area contributed by atoms with Gasteiger partial charge in [0, 0.05) is 35.8 Å². The Kier molecular flexibility index (Phi) is 5.61. The fraction of sp³-hybridized carbons (Fsp3) is 0.238. The highest BCUT2D eigenvalue weighted by Gasteiger charge is 2.05. The van der Waals surface area contributed by atoms with E-state index in [-0.39, 0.29) is 5.91 Å². The van der Waals surface area contributed by atoms with Crippen LogP contribution >= 0.6 is 11.3 Å². The van der Waals surface area contributed by atoms with Crippen molar-refractivity contribution in [3.8, 4) is 10.4 Å². The van der Waals surface area contributed by atoms with Gasteiger partial charge < -0.3 is 5.32 Å². The van der Waals surface area contributed by atoms with Gasteiger partial charge in [0.25, 0.3) is 0 Å². The summed E-state index contributed by atoms with van der Waals surface area (Å²) < 4.78 is 0. The third-order valence-corrected chi connectivity index (χ3v) is 5.22. The maximum Gasteiger partial charge on any atom is 0.220 e. The summed E-state index contributed by atoms with van der Waals surface area (Å²) in [4.78, 5) is 17.6. The van der Waals surface area contributed by atoms with Crippen molar-refractivity contribution in [2.45, 2.75) is 33.2 Å². The third kappa shape index (κ3) is 4.77. The van der Waals surface area contributed by atoms with Crippen molar-refractivity contribution in [3.63, 3.8) is 0 Å². The standard InChI is InChI=1S/C21H22N2OS/c1-15-5-6-17(10-16(15)2)7-8-21(24)23-13-18-11-19(14-22-12-18)20-4-3-9-25-20/h3-6,9-12,14H,7-8,13H2,1-2H3,(H,23,24). The fourth-order valence-electron chi connectivity index (χ4n) is 2.67. The van der Waals surface area contributed by atoms with Crippen LogP contribution in [0, 0.1) is 13.8 Å². The van der Waals surface area contributed by atoms with Gasteiger partial charge in [-0.3, -0.25) is 9.78 Å². The molecule has 0 spiro atoms. The Morgan fingerprint density at radius 2 is 1.96 bits per heavy atom. The molecule has 0 radical (unpaired) electrons. The number of pyridine rings is 1. The number of thiophene rings is 1. The molecule has 1 N–H and O–H groups in total. The molecule has 0 fully saturated rings. The molecule has 0 aliphatic rings. The van der Waals surface area contributed by atoms with Gasteiger partial charge in [-0.2, -0.15) is 0 Å². The average molecular weight is 350 g/mol. The molecule has 0 aliphatic carbocycles. The highest BCUT2D eigenvalue weighted by atomic mass is 32.1. The van der Waals surface area contributed by atoms with E-state index in [0.717, 1.165) is 17.5 Å². The second-order valence-corrected chi connectivity index (χ2v) is 7.20. The Hall–Kier alpha value is -2.46. The summed E-state index contributed by atoms with van der Waals surface area (Å²) in [6.45, 7) is 4.72. The predicted octanol–water partition coefficient (Wildman–Crippen LogP) is 4.68. The van der Waals surface area contributed by atoms with Crippen molar-refractivity contribution >= 4 is 17.2 Å². The normalized spacial score (nSPS) is 10.6. The smallest absolute Gasteiger partial charge is 0.220 e. The Morgan fingerprint density at radius 3 is 2.72 bits per heavy atom. The number of hydrogen-bond acceptors (Lipinski definition) is 3. The summed E-state index contributed by atoms with van der Waals surface area (Å²) in [5, 5.41) is 5.04. The molecule has 2 heterocycles. The zero-order valence-electron chi connectivity index (χ0n) is 14.6. The van der Waals surface area contributed by atoms with Crippen LogP contribution in [0.4, 0.5) is 0 Å². The monoisotopic (exact) mass is 350 g/mol. The van der Waals surface area contributed by atoms with E-state index in [1.165, 1.54) is 21.6 Å². The summed E-state index contributed by atoms with van der Waals surface area (Å²) in [5.74, 6) is 0.0692. The van der Waals surface area contributed by atoms with Crippen LogP contribution in [-0.2, 0) is 17.8 Å². The Balaban J connectivity index is 1.52. The second kappa shape index (κ2) is 8.08. The van der Waals surface area contributed by atoms with E-state index >= 15 is 0 Å². The van der Waals surface area contributed by atoms with Gasteiger partial charge in [-0.1, -0.05) is 24.3 Å². The van der Waals surface area contributed by atoms with Crippen LogP contribution in [0.3, 0.4) is 0 Å². The molecule has 4 heteroatoms. The quantitative estimate of drug-likeness (QED) is 0.701. The Labute approximate surface area is 152 Å². The molecule has 0 bridgehead atoms. The first-order valence-electron chi connectivity index (χ1n) is 8.42. The maximum atomic E-state index is 12.1. The first-order valence-corrected chi connectivity index (χ1v) is 9.30. The number of carbonyl (C=O) groups is 1. The second-order valence-electron chi connectivity index (χ2n) is 6.25. The van der Waals surface area contributed by atoms with Crippen molar-refractivity contribution in [2.75, 3.05) is 0 Å². The largest absolute Gasteiger partial charge is 0.352 e. The van der Waals surface area contributed by atoms with Crippen molar-refractivity contribution in [2.24, 2.45) is 0 Å². The van der Waals surface area contributed by atoms with E-state index in [2.05, 4.69) is 59.9 Å². The SMILES string of the molecule is Cc1ccc(CCC(=O)NCc2cncc(-c3cccs3)c2)cc1C. The van der Waals surface area contributed by atoms with Crippen LogP contribution in [0.15, 0.2) is 54.2 Å². The molecule has 1 amide bonds. The van der Waals surface area contributed by atoms with Gasteiger partial charge in [0.15, 0.2) is 0 Å². The van der Waals surface area contributed by atoms with Crippen LogP contribution in [0.5, 0.6) is 0 Å². The van der Waals surface area contributed by atoms with Gasteiger partial charge in [0.2, 0.25) is 5.91 Å². The molecule has 3 rings (SSSR count). The number of aryl methyl sites for hydroxylation is 3. The minimum absolute atomic E-state index is 0.0692. The summed E-state index contributed by atoms with van der Waals surface area (Å²) in [5.41, 5.74) is 5.88. The predicted molar refractivity (Wildman–Crippen MR) is 104 cm³/mol. The molecule has 128 valence electrons. The van der Waals surface area contributed by atoms with Crippen LogP contribution < -0.4 is 5.32 Å². The number of carbonyl (C=O) groups excluding carboxylic acids is 1. The third-order valence-electron chi connectivity index (χ3n) is 4.30. The van der Waals surface area contributed by atoms with E-state index in [9.17, 15) is 4.79 Å². The topological polar surface area (TPSA) is 42.0 Å². The van der Waals surface area contributed by atoms with E-state index in [1.807, 2.05) is 12.3 Å². The number of rotatable bonds is 6. The van der Waals surface area contributed by atoms with Gasteiger partial charge >= 0.3 is 0 Å². The number of benzene rings is 1. The number of amides is 1. The maximum absolute atomic E-state index is 12.1. The highest BCUT2D eigenvalue weighted by molar-refractivity contribution is 7.13. The van der Waals surface area contributed by atoms with Crippen LogP contribution in [0.1, 0.15) is 28.7 Å². The van der Waals surface area contributed by atoms with E-state index < -0.39 is 0 Å². The molecule has 0 aliphatic heterocycles. The molecular weight excluding hydrogens is 328 g/mol. The van der Waals surface area contributed by atoms with Crippen LogP contribution in [0.25, 0.3) is 10.4 Å². The first-order chi connectivity index (χ1) is 12.1. The van der Waals surface area contributed by atoms with E-state index in [0.29, 0.717) is 13.0 Å². The zero-order chi connectivity index (χ0) is 17.6. The van der Waals surface area contributed by atoms with Crippen LogP contribution in [0.2, 0.25) is 0 Å². The van der Waals surface area contributed by atoms with E-state index in [1.54, 1.807) is 17.5 Å². The molecule has 3 aromatic rings. The lowest BCUT2D eigenvalue weighted by atomic mass is 10.0. The van der Waals surface area contributed by atoms with Gasteiger partial charge in [0.05, 0.1) is 0 Å². The molecule has 3 nitrogen and oxygen atoms in total. The van der Waals surface area contributed by atoms with Gasteiger partial charge in [-0.05, 0) is 60.0 Å². The molecule has 0 saturated carbocycles. The lowest BCUT2D eigenvalue weighted by Gasteiger charge is -2.08. The lowest BCUT2D eigenvalue weighted by molar-refractivity contribution is -0.121. The average Bonchev–Trinajstić information content (AvgIpc) is 3.16. The molecule has 0 unspecified atom stereocenters. The number of nitrogens with one attached hydrogen (secondary N) is 1. The van der Waals surface area contributed by atoms with Crippen molar-refractivity contribution in [1.29, 1.82) is 0 Å².